The third-order valence-electron chi connectivity index (χ3n) is 5.74. The van der Waals surface area contributed by atoms with Gasteiger partial charge in [0.15, 0.2) is 5.65 Å². The van der Waals surface area contributed by atoms with Gasteiger partial charge in [-0.05, 0) is 31.5 Å². The summed E-state index contributed by atoms with van der Waals surface area (Å²) in [6, 6.07) is 14.8. The van der Waals surface area contributed by atoms with Crippen molar-refractivity contribution >= 4 is 11.5 Å². The number of aliphatic hydroxyl groups is 1. The first-order valence-corrected chi connectivity index (χ1v) is 11.3. The highest BCUT2D eigenvalue weighted by atomic mass is 19.4. The van der Waals surface area contributed by atoms with Gasteiger partial charge in [0, 0.05) is 31.8 Å². The molecule has 35 heavy (non-hydrogen) atoms. The van der Waals surface area contributed by atoms with E-state index in [0.717, 1.165) is 28.8 Å². The van der Waals surface area contributed by atoms with Crippen molar-refractivity contribution < 1.29 is 23.0 Å². The normalized spacial score (nSPS) is 11.9. The Morgan fingerprint density at radius 1 is 1.06 bits per heavy atom. The Bertz CT molecular complexity index is 1320. The lowest BCUT2D eigenvalue weighted by atomic mass is 10.0. The van der Waals surface area contributed by atoms with Crippen LogP contribution in [0.5, 0.6) is 0 Å². The summed E-state index contributed by atoms with van der Waals surface area (Å²) in [6.45, 7) is 4.81. The molecule has 4 aromatic rings. The van der Waals surface area contributed by atoms with Gasteiger partial charge < -0.3 is 14.7 Å². The van der Waals surface area contributed by atoms with Gasteiger partial charge >= 0.3 is 6.18 Å². The average Bonchev–Trinajstić information content (AvgIpc) is 3.20. The van der Waals surface area contributed by atoms with E-state index in [-0.39, 0.29) is 13.2 Å². The highest BCUT2D eigenvalue weighted by Gasteiger charge is 2.31. The molecule has 0 aliphatic carbocycles. The summed E-state index contributed by atoms with van der Waals surface area (Å²) in [5, 5.41) is 14.2. The van der Waals surface area contributed by atoms with Gasteiger partial charge in [-0.15, -0.1) is 0 Å². The third kappa shape index (κ3) is 5.16. The SMILES string of the molecule is CCOCc1nn2c(-c3cccc(C(F)(F)F)c3)cc(N(C)CCO)nc2c1-c1ccc(C)cc1. The molecule has 0 fully saturated rings. The number of hydrogen-bond donors (Lipinski definition) is 1. The molecule has 0 atom stereocenters. The Balaban J connectivity index is 2.03. The molecule has 2 heterocycles. The number of nitrogens with zero attached hydrogens (tertiary/aromatic N) is 4. The fourth-order valence-corrected chi connectivity index (χ4v) is 3.88. The van der Waals surface area contributed by atoms with Gasteiger partial charge in [-0.25, -0.2) is 9.50 Å². The van der Waals surface area contributed by atoms with Crippen molar-refractivity contribution in [3.8, 4) is 22.4 Å². The third-order valence-corrected chi connectivity index (χ3v) is 5.74. The predicted octanol–water partition coefficient (Wildman–Crippen LogP) is 5.36. The van der Waals surface area contributed by atoms with Crippen LogP contribution in [0.25, 0.3) is 28.0 Å². The van der Waals surface area contributed by atoms with E-state index in [1.807, 2.05) is 38.1 Å². The Hall–Kier alpha value is -3.43. The maximum Gasteiger partial charge on any atom is 0.416 e. The molecule has 0 amide bonds. The van der Waals surface area contributed by atoms with Gasteiger partial charge in [0.05, 0.1) is 35.7 Å². The molecule has 2 aromatic heterocycles. The van der Waals surface area contributed by atoms with Crippen molar-refractivity contribution in [2.24, 2.45) is 0 Å². The van der Waals surface area contributed by atoms with Crippen LogP contribution in [0.2, 0.25) is 0 Å². The molecule has 1 N–H and O–H groups in total. The summed E-state index contributed by atoms with van der Waals surface area (Å²) >= 11 is 0. The Morgan fingerprint density at radius 2 is 1.80 bits per heavy atom. The lowest BCUT2D eigenvalue weighted by Crippen LogP contribution is -2.22. The minimum atomic E-state index is -4.48. The fraction of sp³-hybridized carbons (Fsp3) is 0.308. The maximum atomic E-state index is 13.5. The van der Waals surface area contributed by atoms with E-state index in [2.05, 4.69) is 0 Å². The number of fused-ring (bicyclic) bond motifs is 1. The number of benzene rings is 2. The Labute approximate surface area is 201 Å². The predicted molar refractivity (Wildman–Crippen MR) is 129 cm³/mol. The highest BCUT2D eigenvalue weighted by molar-refractivity contribution is 5.83. The molecule has 2 aromatic carbocycles. The van der Waals surface area contributed by atoms with E-state index in [1.165, 1.54) is 6.07 Å². The zero-order chi connectivity index (χ0) is 25.2. The van der Waals surface area contributed by atoms with Gasteiger partial charge in [-0.2, -0.15) is 18.3 Å². The van der Waals surface area contributed by atoms with Crippen LogP contribution >= 0.6 is 0 Å². The topological polar surface area (TPSA) is 62.9 Å². The van der Waals surface area contributed by atoms with Gasteiger partial charge in [-0.1, -0.05) is 42.0 Å². The van der Waals surface area contributed by atoms with Crippen molar-refractivity contribution in [3.63, 3.8) is 0 Å². The number of aliphatic hydroxyl groups excluding tert-OH is 1. The number of alkyl halides is 3. The number of anilines is 1. The molecule has 0 saturated carbocycles. The van der Waals surface area contributed by atoms with Crippen LogP contribution in [-0.2, 0) is 17.5 Å². The van der Waals surface area contributed by atoms with Crippen LogP contribution in [0.3, 0.4) is 0 Å². The lowest BCUT2D eigenvalue weighted by Gasteiger charge is -2.19. The quantitative estimate of drug-likeness (QED) is 0.365. The number of likely N-dealkylation sites (N-methyl/N-ethyl adjacent to an activating group) is 1. The molecule has 0 unspecified atom stereocenters. The van der Waals surface area contributed by atoms with Gasteiger partial charge in [0.1, 0.15) is 5.82 Å². The number of rotatable bonds is 8. The average molecular weight is 485 g/mol. The first-order valence-electron chi connectivity index (χ1n) is 11.3. The smallest absolute Gasteiger partial charge is 0.395 e. The van der Waals surface area contributed by atoms with Crippen molar-refractivity contribution in [2.45, 2.75) is 26.6 Å². The van der Waals surface area contributed by atoms with E-state index in [4.69, 9.17) is 14.8 Å². The molecular weight excluding hydrogens is 457 g/mol. The summed E-state index contributed by atoms with van der Waals surface area (Å²) in [5.74, 6) is 0.509. The zero-order valence-electron chi connectivity index (χ0n) is 19.8. The number of aryl methyl sites for hydroxylation is 1. The van der Waals surface area contributed by atoms with Gasteiger partial charge in [0.25, 0.3) is 0 Å². The number of aromatic nitrogens is 3. The fourth-order valence-electron chi connectivity index (χ4n) is 3.88. The second kappa shape index (κ2) is 10.1. The van der Waals surface area contributed by atoms with Gasteiger partial charge in [0.2, 0.25) is 0 Å². The molecule has 0 aliphatic rings. The maximum absolute atomic E-state index is 13.5. The van der Waals surface area contributed by atoms with E-state index in [0.29, 0.717) is 41.6 Å². The molecule has 0 spiro atoms. The monoisotopic (exact) mass is 484 g/mol. The van der Waals surface area contributed by atoms with Crippen LogP contribution in [0.15, 0.2) is 54.6 Å². The van der Waals surface area contributed by atoms with E-state index >= 15 is 0 Å². The van der Waals surface area contributed by atoms with E-state index < -0.39 is 11.7 Å². The summed E-state index contributed by atoms with van der Waals surface area (Å²) in [6.07, 6.45) is -4.48. The van der Waals surface area contributed by atoms with Crippen molar-refractivity contribution in [1.82, 2.24) is 14.6 Å². The molecule has 0 aliphatic heterocycles. The van der Waals surface area contributed by atoms with Crippen LogP contribution < -0.4 is 4.90 Å². The standard InChI is InChI=1S/C26H27F3N4O2/c1-4-35-16-21-24(18-10-8-17(2)9-11-18)25-30-23(32(3)12-13-34)15-22(33(25)31-21)19-6-5-7-20(14-19)26(27,28)29/h5-11,14-15,34H,4,12-13,16H2,1-3H3. The Morgan fingerprint density at radius 3 is 2.46 bits per heavy atom. The number of ether oxygens (including phenoxy) is 1. The second-order valence-corrected chi connectivity index (χ2v) is 8.28. The molecule has 0 radical (unpaired) electrons. The first kappa shape index (κ1) is 24.7. The summed E-state index contributed by atoms with van der Waals surface area (Å²) in [5.41, 5.74) is 3.93. The summed E-state index contributed by atoms with van der Waals surface area (Å²) in [7, 11) is 1.77. The first-order chi connectivity index (χ1) is 16.7. The Kier molecular flexibility index (Phi) is 7.09. The van der Waals surface area contributed by atoms with E-state index in [1.54, 1.807) is 28.6 Å². The molecule has 4 rings (SSSR count). The molecule has 0 bridgehead atoms. The number of hydrogen-bond acceptors (Lipinski definition) is 5. The lowest BCUT2D eigenvalue weighted by molar-refractivity contribution is -0.137. The van der Waals surface area contributed by atoms with Gasteiger partial charge in [-0.3, -0.25) is 0 Å². The largest absolute Gasteiger partial charge is 0.416 e. The highest BCUT2D eigenvalue weighted by Crippen LogP contribution is 2.36. The van der Waals surface area contributed by atoms with E-state index in [9.17, 15) is 18.3 Å². The molecule has 9 heteroatoms. The van der Waals surface area contributed by atoms with Crippen molar-refractivity contribution in [3.05, 3.63) is 71.4 Å². The second-order valence-electron chi connectivity index (χ2n) is 8.28. The minimum Gasteiger partial charge on any atom is -0.395 e. The summed E-state index contributed by atoms with van der Waals surface area (Å²) in [4.78, 5) is 6.57. The minimum absolute atomic E-state index is 0.0953. The molecule has 0 saturated heterocycles. The number of halogens is 3. The van der Waals surface area contributed by atoms with Crippen LogP contribution in [-0.4, -0.2) is 46.5 Å². The summed E-state index contributed by atoms with van der Waals surface area (Å²) < 4.78 is 47.7. The zero-order valence-corrected chi connectivity index (χ0v) is 19.8. The molecular formula is C26H27F3N4O2. The van der Waals surface area contributed by atoms with Crippen LogP contribution in [0.1, 0.15) is 23.7 Å². The van der Waals surface area contributed by atoms with Crippen molar-refractivity contribution in [1.29, 1.82) is 0 Å². The van der Waals surface area contributed by atoms with Crippen LogP contribution in [0.4, 0.5) is 19.0 Å². The van der Waals surface area contributed by atoms with Crippen LogP contribution in [0, 0.1) is 6.92 Å². The molecule has 184 valence electrons. The van der Waals surface area contributed by atoms with Crippen molar-refractivity contribution in [2.75, 3.05) is 31.7 Å². The molecule has 6 nitrogen and oxygen atoms in total.